The largest absolute Gasteiger partial charge is 0.0991 e. The van der Waals surface area contributed by atoms with E-state index in [4.69, 9.17) is 0 Å². The maximum atomic E-state index is 3.63. The molecule has 0 heterocycles. The van der Waals surface area contributed by atoms with Crippen molar-refractivity contribution in [1.29, 1.82) is 0 Å². The zero-order valence-corrected chi connectivity index (χ0v) is 11.4. The second kappa shape index (κ2) is 11.6. The van der Waals surface area contributed by atoms with Crippen LogP contribution in [0.2, 0.25) is 0 Å². The van der Waals surface area contributed by atoms with Crippen molar-refractivity contribution in [2.24, 2.45) is 0 Å². The van der Waals surface area contributed by atoms with Crippen molar-refractivity contribution >= 4 is 6.08 Å². The van der Waals surface area contributed by atoms with E-state index in [2.05, 4.69) is 19.7 Å². The van der Waals surface area contributed by atoms with E-state index >= 15 is 0 Å². The molecule has 0 saturated carbocycles. The second-order valence-corrected chi connectivity index (χ2v) is 2.09. The van der Waals surface area contributed by atoms with E-state index in [1.54, 1.807) is 12.2 Å². The van der Waals surface area contributed by atoms with E-state index in [1.165, 1.54) is 5.56 Å². The van der Waals surface area contributed by atoms with Crippen LogP contribution in [-0.4, -0.2) is 0 Å². The Bertz CT molecular complexity index is 231. The summed E-state index contributed by atoms with van der Waals surface area (Å²) in [7, 11) is 0. The minimum Gasteiger partial charge on any atom is -0.0991 e. The summed E-state index contributed by atoms with van der Waals surface area (Å²) in [6.45, 7) is 10.4. The summed E-state index contributed by atoms with van der Waals surface area (Å²) < 4.78 is 0. The monoisotopic (exact) mass is 297 g/mol. The van der Waals surface area contributed by atoms with Crippen LogP contribution in [0.4, 0.5) is 0 Å². The standard InChI is InChI=1S/C8H8.C4H6.La/c1-2-8-6-4-3-5-7-8;1-3-4-2;/h2-7H,1H2;3-4H,1-2H2;. The van der Waals surface area contributed by atoms with Gasteiger partial charge in [-0.1, -0.05) is 68.3 Å². The quantitative estimate of drug-likeness (QED) is 0.730. The molecule has 1 rings (SSSR count). The third kappa shape index (κ3) is 9.55. The SMILES string of the molecule is C=CC=C.C=Cc1ccccc1.[La]. The smallest absolute Gasteiger partial charge is 0 e. The van der Waals surface area contributed by atoms with Crippen molar-refractivity contribution in [3.05, 3.63) is 67.8 Å². The number of benzene rings is 1. The van der Waals surface area contributed by atoms with E-state index in [-0.39, 0.29) is 35.6 Å². The summed E-state index contributed by atoms with van der Waals surface area (Å²) in [5.41, 5.74) is 1.17. The van der Waals surface area contributed by atoms with Crippen LogP contribution >= 0.6 is 0 Å². The molecule has 0 aliphatic rings. The van der Waals surface area contributed by atoms with E-state index in [1.807, 2.05) is 36.4 Å². The molecule has 0 N–H and O–H groups in total. The van der Waals surface area contributed by atoms with Gasteiger partial charge in [0.1, 0.15) is 0 Å². The van der Waals surface area contributed by atoms with Gasteiger partial charge in [0.2, 0.25) is 0 Å². The van der Waals surface area contributed by atoms with E-state index < -0.39 is 0 Å². The summed E-state index contributed by atoms with van der Waals surface area (Å²) in [6, 6.07) is 10.0. The van der Waals surface area contributed by atoms with Crippen molar-refractivity contribution in [2.75, 3.05) is 0 Å². The molecule has 0 spiro atoms. The van der Waals surface area contributed by atoms with Crippen molar-refractivity contribution < 1.29 is 35.6 Å². The molecule has 0 amide bonds. The van der Waals surface area contributed by atoms with Crippen LogP contribution in [0.25, 0.3) is 6.08 Å². The van der Waals surface area contributed by atoms with Crippen LogP contribution in [0.3, 0.4) is 0 Å². The topological polar surface area (TPSA) is 0 Å². The fourth-order valence-electron chi connectivity index (χ4n) is 0.589. The second-order valence-electron chi connectivity index (χ2n) is 2.09. The molecule has 13 heavy (non-hydrogen) atoms. The predicted octanol–water partition coefficient (Wildman–Crippen LogP) is 3.69. The molecule has 0 saturated heterocycles. The van der Waals surface area contributed by atoms with Gasteiger partial charge in [-0.05, 0) is 5.56 Å². The molecule has 0 aromatic heterocycles. The Kier molecular flexibility index (Phi) is 13.5. The number of rotatable bonds is 2. The van der Waals surface area contributed by atoms with Gasteiger partial charge in [0.15, 0.2) is 0 Å². The molecular formula is C12H14La. The molecule has 0 bridgehead atoms. The normalized spacial score (nSPS) is 6.77. The Balaban J connectivity index is 0. The molecule has 0 unspecified atom stereocenters. The van der Waals surface area contributed by atoms with Gasteiger partial charge in [-0.15, -0.1) is 0 Å². The molecule has 0 nitrogen and oxygen atoms in total. The minimum atomic E-state index is 0. The van der Waals surface area contributed by atoms with Crippen molar-refractivity contribution in [3.63, 3.8) is 0 Å². The van der Waals surface area contributed by atoms with Gasteiger partial charge in [-0.25, -0.2) is 0 Å². The summed E-state index contributed by atoms with van der Waals surface area (Å²) in [6.07, 6.45) is 5.11. The molecule has 1 radical (unpaired) electrons. The average molecular weight is 297 g/mol. The van der Waals surface area contributed by atoms with Crippen LogP contribution in [0.1, 0.15) is 5.56 Å². The predicted molar refractivity (Wildman–Crippen MR) is 56.9 cm³/mol. The molecule has 1 aromatic carbocycles. The maximum absolute atomic E-state index is 3.63. The van der Waals surface area contributed by atoms with Gasteiger partial charge in [-0.3, -0.25) is 0 Å². The third-order valence-corrected chi connectivity index (χ3v) is 1.20. The zero-order valence-electron chi connectivity index (χ0n) is 7.82. The number of hydrogen-bond donors (Lipinski definition) is 0. The van der Waals surface area contributed by atoms with Gasteiger partial charge in [0, 0.05) is 35.6 Å². The first-order valence-electron chi connectivity index (χ1n) is 3.76. The number of allylic oxidation sites excluding steroid dienone is 2. The van der Waals surface area contributed by atoms with Crippen molar-refractivity contribution in [3.8, 4) is 0 Å². The van der Waals surface area contributed by atoms with Gasteiger partial charge >= 0.3 is 0 Å². The summed E-state index contributed by atoms with van der Waals surface area (Å²) in [5.74, 6) is 0. The molecule has 0 fully saturated rings. The third-order valence-electron chi connectivity index (χ3n) is 1.20. The molecule has 65 valence electrons. The molecule has 1 aromatic rings. The number of hydrogen-bond acceptors (Lipinski definition) is 0. The summed E-state index contributed by atoms with van der Waals surface area (Å²) >= 11 is 0. The zero-order chi connectivity index (χ0) is 9.23. The molecular weight excluding hydrogens is 283 g/mol. The summed E-state index contributed by atoms with van der Waals surface area (Å²) in [5, 5.41) is 0. The molecule has 0 aliphatic carbocycles. The Morgan fingerprint density at radius 3 is 1.54 bits per heavy atom. The van der Waals surface area contributed by atoms with Gasteiger partial charge in [-0.2, -0.15) is 0 Å². The molecule has 0 atom stereocenters. The van der Waals surface area contributed by atoms with E-state index in [0.29, 0.717) is 0 Å². The van der Waals surface area contributed by atoms with Gasteiger partial charge in [0.05, 0.1) is 0 Å². The van der Waals surface area contributed by atoms with Crippen molar-refractivity contribution in [2.45, 2.75) is 0 Å². The van der Waals surface area contributed by atoms with E-state index in [0.717, 1.165) is 0 Å². The van der Waals surface area contributed by atoms with Crippen LogP contribution < -0.4 is 0 Å². The van der Waals surface area contributed by atoms with Crippen molar-refractivity contribution in [1.82, 2.24) is 0 Å². The van der Waals surface area contributed by atoms with E-state index in [9.17, 15) is 0 Å². The Morgan fingerprint density at radius 1 is 0.846 bits per heavy atom. The van der Waals surface area contributed by atoms with Gasteiger partial charge in [0.25, 0.3) is 0 Å². The van der Waals surface area contributed by atoms with Gasteiger partial charge < -0.3 is 0 Å². The maximum Gasteiger partial charge on any atom is 0 e. The Labute approximate surface area is 109 Å². The Hall–Kier alpha value is -0.365. The first kappa shape index (κ1) is 15.1. The van der Waals surface area contributed by atoms with Crippen LogP contribution in [0.5, 0.6) is 0 Å². The van der Waals surface area contributed by atoms with Crippen LogP contribution in [-0.2, 0) is 0 Å². The molecule has 0 aliphatic heterocycles. The fraction of sp³-hybridized carbons (Fsp3) is 0. The fourth-order valence-corrected chi connectivity index (χ4v) is 0.589. The average Bonchev–Trinajstić information content (AvgIpc) is 2.19. The first-order valence-corrected chi connectivity index (χ1v) is 3.76. The summed E-state index contributed by atoms with van der Waals surface area (Å²) in [4.78, 5) is 0. The first-order chi connectivity index (χ1) is 5.85. The van der Waals surface area contributed by atoms with Crippen LogP contribution in [0.15, 0.2) is 62.2 Å². The molecule has 1 heteroatoms. The Morgan fingerprint density at radius 2 is 1.31 bits per heavy atom. The minimum absolute atomic E-state index is 0. The van der Waals surface area contributed by atoms with Crippen LogP contribution in [0, 0.1) is 35.6 Å².